The number of aromatic amines is 2. The molecule has 0 bridgehead atoms. The largest absolute Gasteiger partial charge is 0.465 e. The van der Waals surface area contributed by atoms with Crippen molar-refractivity contribution in [3.63, 3.8) is 0 Å². The van der Waals surface area contributed by atoms with Gasteiger partial charge in [-0.05, 0) is 54.9 Å². The number of carbonyl (C=O) groups excluding carboxylic acids is 3. The molecule has 0 unspecified atom stereocenters. The van der Waals surface area contributed by atoms with E-state index in [2.05, 4.69) is 37.4 Å². The fourth-order valence-corrected chi connectivity index (χ4v) is 7.61. The average molecular weight is 771 g/mol. The topological polar surface area (TPSA) is 195 Å². The zero-order valence-corrected chi connectivity index (χ0v) is 32.4. The van der Waals surface area contributed by atoms with E-state index in [9.17, 15) is 24.3 Å². The van der Waals surface area contributed by atoms with Crippen LogP contribution in [0.3, 0.4) is 0 Å². The number of alkyl carbamates (subject to hydrolysis) is 1. The molecule has 2 aliphatic heterocycles. The number of amides is 4. The number of likely N-dealkylation sites (N-methyl/N-ethyl adjacent to an activating group) is 1. The number of rotatable bonds is 14. The van der Waals surface area contributed by atoms with E-state index in [1.165, 1.54) is 21.3 Å². The summed E-state index contributed by atoms with van der Waals surface area (Å²) in [5, 5.41) is 12.3. The minimum atomic E-state index is -1.20. The zero-order valence-electron chi connectivity index (χ0n) is 32.4. The normalized spacial score (nSPS) is 18.4. The summed E-state index contributed by atoms with van der Waals surface area (Å²) in [4.78, 5) is 71.5. The first kappa shape index (κ1) is 39.9. The molecular formula is C40H50N8O8. The molecule has 16 nitrogen and oxygen atoms in total. The predicted octanol–water partition coefficient (Wildman–Crippen LogP) is 5.24. The van der Waals surface area contributed by atoms with Crippen molar-refractivity contribution in [2.45, 2.75) is 69.3 Å². The van der Waals surface area contributed by atoms with Crippen molar-refractivity contribution >= 4 is 24.0 Å². The summed E-state index contributed by atoms with van der Waals surface area (Å²) in [6.07, 6.45) is 4.44. The van der Waals surface area contributed by atoms with Gasteiger partial charge >= 0.3 is 12.2 Å². The average Bonchev–Trinajstić information content (AvgIpc) is 4.06. The standard InChI is InChI=1S/C40H50N8O8/c1-24(55-4)34(46(2)40(52)53)38(50)48-20-7-9-33(48)36-42-23-31(44-36)28-16-12-26(13-17-28)25-10-14-27(15-11-25)30-22-41-35(43-30)32-8-6-19-47(32)37(49)29(18-21-54-3)45-39(51)56-5/h10-17,22-24,29,32-34H,6-9,18-21H2,1-5H3,(H,41,43)(H,42,44)(H,45,51)(H,52,53)/t24-,29+,32+,33+,34+/m1/s1. The summed E-state index contributed by atoms with van der Waals surface area (Å²) in [5.74, 6) is 0.846. The molecule has 0 spiro atoms. The second-order valence-electron chi connectivity index (χ2n) is 14.1. The first-order chi connectivity index (χ1) is 27.0. The van der Waals surface area contributed by atoms with Crippen LogP contribution >= 0.6 is 0 Å². The Balaban J connectivity index is 1.11. The van der Waals surface area contributed by atoms with Gasteiger partial charge in [-0.2, -0.15) is 0 Å². The molecule has 0 saturated carbocycles. The lowest BCUT2D eigenvalue weighted by Gasteiger charge is -2.34. The first-order valence-corrected chi connectivity index (χ1v) is 18.8. The zero-order chi connectivity index (χ0) is 39.9. The van der Waals surface area contributed by atoms with E-state index in [1.807, 2.05) is 36.4 Å². The highest BCUT2D eigenvalue weighted by atomic mass is 16.5. The van der Waals surface area contributed by atoms with Crippen LogP contribution in [0.25, 0.3) is 33.6 Å². The van der Waals surface area contributed by atoms with E-state index < -0.39 is 30.4 Å². The molecule has 2 aromatic carbocycles. The van der Waals surface area contributed by atoms with E-state index in [0.29, 0.717) is 44.2 Å². The Hall–Kier alpha value is -5.74. The van der Waals surface area contributed by atoms with Crippen molar-refractivity contribution < 1.29 is 38.5 Å². The lowest BCUT2D eigenvalue weighted by atomic mass is 10.0. The van der Waals surface area contributed by atoms with Crippen LogP contribution in [-0.4, -0.2) is 130 Å². The smallest absolute Gasteiger partial charge is 0.407 e. The number of ether oxygens (including phenoxy) is 3. The number of carbonyl (C=O) groups is 4. The number of imidazole rings is 2. The monoisotopic (exact) mass is 770 g/mol. The summed E-state index contributed by atoms with van der Waals surface area (Å²) in [6.45, 7) is 3.07. The Labute approximate surface area is 325 Å². The fourth-order valence-electron chi connectivity index (χ4n) is 7.61. The molecule has 4 aromatic rings. The number of carboxylic acid groups (broad SMARTS) is 1. The number of hydrogen-bond acceptors (Lipinski definition) is 9. The van der Waals surface area contributed by atoms with Gasteiger partial charge in [-0.25, -0.2) is 19.6 Å². The molecule has 0 radical (unpaired) electrons. The van der Waals surface area contributed by atoms with Gasteiger partial charge in [0.05, 0.1) is 49.1 Å². The molecule has 2 saturated heterocycles. The number of hydrogen-bond donors (Lipinski definition) is 4. The number of nitrogens with zero attached hydrogens (tertiary/aromatic N) is 5. The number of H-pyrrole nitrogens is 2. The van der Waals surface area contributed by atoms with Gasteiger partial charge in [-0.1, -0.05) is 48.5 Å². The second kappa shape index (κ2) is 17.8. The van der Waals surface area contributed by atoms with Gasteiger partial charge in [0.15, 0.2) is 0 Å². The van der Waals surface area contributed by atoms with Crippen LogP contribution in [0, 0.1) is 0 Å². The van der Waals surface area contributed by atoms with Gasteiger partial charge in [0.2, 0.25) is 11.8 Å². The minimum Gasteiger partial charge on any atom is -0.465 e. The van der Waals surface area contributed by atoms with Crippen LogP contribution in [0.2, 0.25) is 0 Å². The van der Waals surface area contributed by atoms with Crippen LogP contribution in [-0.2, 0) is 23.8 Å². The Kier molecular flexibility index (Phi) is 12.7. The lowest BCUT2D eigenvalue weighted by Crippen LogP contribution is -2.54. The van der Waals surface area contributed by atoms with Crippen molar-refractivity contribution in [3.05, 3.63) is 72.6 Å². The van der Waals surface area contributed by atoms with Gasteiger partial charge in [0, 0.05) is 47.4 Å². The molecule has 2 aromatic heterocycles. The highest BCUT2D eigenvalue weighted by Crippen LogP contribution is 2.35. The van der Waals surface area contributed by atoms with E-state index in [-0.39, 0.29) is 23.9 Å². The molecule has 2 aliphatic rings. The molecule has 4 amide bonds. The first-order valence-electron chi connectivity index (χ1n) is 18.8. The number of aromatic nitrogens is 4. The third-order valence-corrected chi connectivity index (χ3v) is 10.8. The van der Waals surface area contributed by atoms with Gasteiger partial charge in [-0.3, -0.25) is 14.5 Å². The Morgan fingerprint density at radius 3 is 1.75 bits per heavy atom. The van der Waals surface area contributed by atoms with E-state index >= 15 is 0 Å². The van der Waals surface area contributed by atoms with Gasteiger partial charge in [0.1, 0.15) is 23.7 Å². The number of nitrogens with one attached hydrogen (secondary N) is 3. The summed E-state index contributed by atoms with van der Waals surface area (Å²) in [5.41, 5.74) is 5.60. The Bertz CT molecular complexity index is 1980. The van der Waals surface area contributed by atoms with E-state index in [4.69, 9.17) is 14.2 Å². The molecule has 4 heterocycles. The van der Waals surface area contributed by atoms with Gasteiger partial charge in [-0.15, -0.1) is 0 Å². The van der Waals surface area contributed by atoms with Crippen LogP contribution in [0.1, 0.15) is 62.8 Å². The maximum Gasteiger partial charge on any atom is 0.407 e. The molecule has 56 heavy (non-hydrogen) atoms. The summed E-state index contributed by atoms with van der Waals surface area (Å²) in [6, 6.07) is 14.0. The van der Waals surface area contributed by atoms with Crippen molar-refractivity contribution in [3.8, 4) is 33.6 Å². The van der Waals surface area contributed by atoms with Crippen molar-refractivity contribution in [2.24, 2.45) is 0 Å². The predicted molar refractivity (Wildman–Crippen MR) is 206 cm³/mol. The van der Waals surface area contributed by atoms with E-state index in [0.717, 1.165) is 57.8 Å². The minimum absolute atomic E-state index is 0.197. The van der Waals surface area contributed by atoms with Crippen molar-refractivity contribution in [1.82, 2.24) is 40.0 Å². The lowest BCUT2D eigenvalue weighted by molar-refractivity contribution is -0.141. The van der Waals surface area contributed by atoms with Crippen LogP contribution in [0.15, 0.2) is 60.9 Å². The van der Waals surface area contributed by atoms with Gasteiger partial charge in [0.25, 0.3) is 0 Å². The number of likely N-dealkylation sites (tertiary alicyclic amines) is 2. The molecule has 6 rings (SSSR count). The highest BCUT2D eigenvalue weighted by molar-refractivity contribution is 5.87. The third kappa shape index (κ3) is 8.55. The Morgan fingerprint density at radius 1 is 0.821 bits per heavy atom. The maximum atomic E-state index is 13.7. The summed E-state index contributed by atoms with van der Waals surface area (Å²) < 4.78 is 15.3. The summed E-state index contributed by atoms with van der Waals surface area (Å²) in [7, 11) is 5.67. The number of methoxy groups -OCH3 is 3. The van der Waals surface area contributed by atoms with Crippen LogP contribution in [0.4, 0.5) is 9.59 Å². The van der Waals surface area contributed by atoms with Crippen molar-refractivity contribution in [2.75, 3.05) is 48.1 Å². The molecule has 2 fully saturated rings. The van der Waals surface area contributed by atoms with Gasteiger partial charge < -0.3 is 44.4 Å². The molecule has 4 N–H and O–H groups in total. The van der Waals surface area contributed by atoms with Crippen LogP contribution < -0.4 is 5.32 Å². The molecule has 16 heteroatoms. The van der Waals surface area contributed by atoms with E-state index in [1.54, 1.807) is 36.2 Å². The SMILES string of the molecule is COCC[C@H](NC(=O)OC)C(=O)N1CCC[C@H]1c1ncc(-c2ccc(-c3ccc(-c4cnc([C@@H]5CCCN5C(=O)[C@H]([C@@H](C)OC)N(C)C(=O)O)[nH]4)cc3)cc2)[nH]1. The second-order valence-corrected chi connectivity index (χ2v) is 14.1. The third-order valence-electron chi connectivity index (χ3n) is 10.8. The quantitative estimate of drug-likeness (QED) is 0.132. The summed E-state index contributed by atoms with van der Waals surface area (Å²) >= 11 is 0. The Morgan fingerprint density at radius 2 is 1.30 bits per heavy atom. The fraction of sp³-hybridized carbons (Fsp3) is 0.450. The van der Waals surface area contributed by atoms with Crippen molar-refractivity contribution in [1.29, 1.82) is 0 Å². The molecular weight excluding hydrogens is 720 g/mol. The molecule has 298 valence electrons. The molecule has 0 aliphatic carbocycles. The number of benzene rings is 2. The van der Waals surface area contributed by atoms with Crippen LogP contribution in [0.5, 0.6) is 0 Å². The highest BCUT2D eigenvalue weighted by Gasteiger charge is 2.41. The maximum absolute atomic E-state index is 13.7. The molecule has 5 atom stereocenters.